The van der Waals surface area contributed by atoms with Crippen molar-refractivity contribution in [3.63, 3.8) is 0 Å². The van der Waals surface area contributed by atoms with Gasteiger partial charge in [0.25, 0.3) is 16.8 Å². The van der Waals surface area contributed by atoms with Gasteiger partial charge in [-0.1, -0.05) is 18.2 Å². The Kier molecular flexibility index (Phi) is 8.82. The number of nitro benzene ring substituents is 1. The molecule has 0 atom stereocenters. The van der Waals surface area contributed by atoms with Crippen molar-refractivity contribution in [1.82, 2.24) is 4.90 Å². The standard InChI is InChI=1S/C24H24N4O7S2/c29-9-12-36-20-6-5-16(13-19(20)28(33)34)14-21-23(31)27(24(32)37-21)15-22(30)25-17-3-1-2-4-18(17)26-7-10-35-11-8-26/h1-6,13-14,29H,7-12,15H2,(H,25,30)/b21-14-. The Hall–Kier alpha value is -3.39. The smallest absolute Gasteiger partial charge is 0.294 e. The zero-order valence-electron chi connectivity index (χ0n) is 19.6. The Morgan fingerprint density at radius 3 is 2.70 bits per heavy atom. The van der Waals surface area contributed by atoms with Crippen LogP contribution in [0.4, 0.5) is 21.9 Å². The number of carbonyl (C=O) groups is 3. The molecule has 11 nitrogen and oxygen atoms in total. The van der Waals surface area contributed by atoms with Crippen molar-refractivity contribution in [2.75, 3.05) is 55.4 Å². The molecule has 2 heterocycles. The SMILES string of the molecule is O=C(CN1C(=O)S/C(=C\c2ccc(SCCO)c([N+](=O)[O-])c2)C1=O)Nc1ccccc1N1CCOCC1. The molecule has 3 amide bonds. The molecule has 0 unspecified atom stereocenters. The van der Waals surface area contributed by atoms with Crippen molar-refractivity contribution >= 4 is 63.7 Å². The van der Waals surface area contributed by atoms with Gasteiger partial charge in [0.05, 0.1) is 45.9 Å². The lowest BCUT2D eigenvalue weighted by Gasteiger charge is -2.30. The van der Waals surface area contributed by atoms with Crippen LogP contribution in [0.3, 0.4) is 0 Å². The summed E-state index contributed by atoms with van der Waals surface area (Å²) in [6.45, 7) is 1.94. The number of amides is 3. The number of aliphatic hydroxyl groups excluding tert-OH is 1. The fourth-order valence-electron chi connectivity index (χ4n) is 3.82. The van der Waals surface area contributed by atoms with Crippen LogP contribution in [0.2, 0.25) is 0 Å². The number of ether oxygens (including phenoxy) is 1. The second-order valence-corrected chi connectivity index (χ2v) is 10.1. The first-order valence-corrected chi connectivity index (χ1v) is 13.2. The molecule has 2 fully saturated rings. The molecule has 194 valence electrons. The average Bonchev–Trinajstić information content (AvgIpc) is 3.15. The number of nitrogens with one attached hydrogen (secondary N) is 1. The molecule has 0 radical (unpaired) electrons. The molecule has 2 N–H and O–H groups in total. The third-order valence-electron chi connectivity index (χ3n) is 5.53. The number of thioether (sulfide) groups is 2. The summed E-state index contributed by atoms with van der Waals surface area (Å²) in [5.41, 5.74) is 1.61. The molecular formula is C24H24N4O7S2. The van der Waals surface area contributed by atoms with Crippen LogP contribution in [0.15, 0.2) is 52.3 Å². The molecule has 2 aliphatic rings. The largest absolute Gasteiger partial charge is 0.396 e. The predicted octanol–water partition coefficient (Wildman–Crippen LogP) is 3.19. The van der Waals surface area contributed by atoms with E-state index < -0.39 is 28.5 Å². The Balaban J connectivity index is 1.46. The number of imide groups is 1. The van der Waals surface area contributed by atoms with Gasteiger partial charge in [0.1, 0.15) is 6.54 Å². The van der Waals surface area contributed by atoms with Crippen LogP contribution in [-0.2, 0) is 14.3 Å². The lowest BCUT2D eigenvalue weighted by molar-refractivity contribution is -0.387. The minimum absolute atomic E-state index is 0.0663. The average molecular weight is 545 g/mol. The van der Waals surface area contributed by atoms with Crippen molar-refractivity contribution in [2.45, 2.75) is 4.90 Å². The van der Waals surface area contributed by atoms with E-state index in [9.17, 15) is 24.5 Å². The first-order chi connectivity index (χ1) is 17.9. The molecule has 37 heavy (non-hydrogen) atoms. The van der Waals surface area contributed by atoms with E-state index in [1.54, 1.807) is 18.2 Å². The van der Waals surface area contributed by atoms with E-state index in [4.69, 9.17) is 9.84 Å². The summed E-state index contributed by atoms with van der Waals surface area (Å²) in [6.07, 6.45) is 1.39. The van der Waals surface area contributed by atoms with Crippen molar-refractivity contribution in [3.8, 4) is 0 Å². The highest BCUT2D eigenvalue weighted by atomic mass is 32.2. The fourth-order valence-corrected chi connectivity index (χ4v) is 5.42. The van der Waals surface area contributed by atoms with Crippen LogP contribution < -0.4 is 10.2 Å². The number of nitrogens with zero attached hydrogens (tertiary/aromatic N) is 3. The number of carbonyl (C=O) groups excluding carboxylic acids is 3. The minimum atomic E-state index is -0.645. The molecule has 2 aromatic rings. The molecule has 0 spiro atoms. The highest BCUT2D eigenvalue weighted by molar-refractivity contribution is 8.18. The van der Waals surface area contributed by atoms with Gasteiger partial charge in [-0.25, -0.2) is 0 Å². The molecule has 0 saturated carbocycles. The number of aliphatic hydroxyl groups is 1. The topological polar surface area (TPSA) is 142 Å². The van der Waals surface area contributed by atoms with Gasteiger partial charge in [0, 0.05) is 24.9 Å². The lowest BCUT2D eigenvalue weighted by Crippen LogP contribution is -2.38. The summed E-state index contributed by atoms with van der Waals surface area (Å²) in [6, 6.07) is 11.7. The van der Waals surface area contributed by atoms with Crippen LogP contribution in [0.25, 0.3) is 6.08 Å². The first-order valence-electron chi connectivity index (χ1n) is 11.4. The quantitative estimate of drug-likeness (QED) is 0.209. The molecule has 0 aromatic heterocycles. The van der Waals surface area contributed by atoms with Gasteiger partial charge in [-0.2, -0.15) is 0 Å². The van der Waals surface area contributed by atoms with Gasteiger partial charge < -0.3 is 20.1 Å². The Morgan fingerprint density at radius 1 is 1.22 bits per heavy atom. The summed E-state index contributed by atoms with van der Waals surface area (Å²) < 4.78 is 5.38. The van der Waals surface area contributed by atoms with E-state index in [1.165, 1.54) is 18.2 Å². The fraction of sp³-hybridized carbons (Fsp3) is 0.292. The zero-order chi connectivity index (χ0) is 26.4. The summed E-state index contributed by atoms with van der Waals surface area (Å²) in [5.74, 6) is -0.865. The highest BCUT2D eigenvalue weighted by Gasteiger charge is 2.36. The monoisotopic (exact) mass is 544 g/mol. The lowest BCUT2D eigenvalue weighted by atomic mass is 10.2. The summed E-state index contributed by atoms with van der Waals surface area (Å²) in [5, 5.41) is 22.6. The van der Waals surface area contributed by atoms with E-state index in [0.29, 0.717) is 60.0 Å². The zero-order valence-corrected chi connectivity index (χ0v) is 21.3. The maximum absolute atomic E-state index is 12.9. The normalized spacial score (nSPS) is 16.9. The van der Waals surface area contributed by atoms with Crippen molar-refractivity contribution in [3.05, 3.63) is 63.0 Å². The number of rotatable bonds is 9. The van der Waals surface area contributed by atoms with Crippen molar-refractivity contribution in [1.29, 1.82) is 0 Å². The maximum Gasteiger partial charge on any atom is 0.294 e. The summed E-state index contributed by atoms with van der Waals surface area (Å²) >= 11 is 1.82. The summed E-state index contributed by atoms with van der Waals surface area (Å²) in [4.78, 5) is 52.5. The van der Waals surface area contributed by atoms with E-state index in [1.807, 2.05) is 12.1 Å². The van der Waals surface area contributed by atoms with Crippen molar-refractivity contribution in [2.24, 2.45) is 0 Å². The number of hydrogen-bond donors (Lipinski definition) is 2. The van der Waals surface area contributed by atoms with E-state index in [2.05, 4.69) is 10.2 Å². The molecule has 0 aliphatic carbocycles. The van der Waals surface area contributed by atoms with Crippen molar-refractivity contribution < 1.29 is 29.2 Å². The molecule has 13 heteroatoms. The molecule has 4 rings (SSSR count). The highest BCUT2D eigenvalue weighted by Crippen LogP contribution is 2.35. The second-order valence-electron chi connectivity index (χ2n) is 7.99. The minimum Gasteiger partial charge on any atom is -0.396 e. The maximum atomic E-state index is 12.9. The number of morpholine rings is 1. The first kappa shape index (κ1) is 26.7. The van der Waals surface area contributed by atoms with Crippen LogP contribution in [-0.4, -0.2) is 77.2 Å². The van der Waals surface area contributed by atoms with E-state index in [0.717, 1.165) is 22.3 Å². The molecule has 0 bridgehead atoms. The number of nitro groups is 1. The Bertz CT molecular complexity index is 1250. The van der Waals surface area contributed by atoms with Gasteiger partial charge in [-0.05, 0) is 41.6 Å². The number of anilines is 2. The molecule has 2 saturated heterocycles. The third-order valence-corrected chi connectivity index (χ3v) is 7.48. The Morgan fingerprint density at radius 2 is 1.97 bits per heavy atom. The van der Waals surface area contributed by atoms with Gasteiger partial charge in [-0.3, -0.25) is 29.4 Å². The van der Waals surface area contributed by atoms with E-state index in [-0.39, 0.29) is 17.2 Å². The van der Waals surface area contributed by atoms with Crippen LogP contribution in [0, 0.1) is 10.1 Å². The molecular weight excluding hydrogens is 520 g/mol. The van der Waals surface area contributed by atoms with Gasteiger partial charge in [0.15, 0.2) is 0 Å². The second kappa shape index (κ2) is 12.2. The predicted molar refractivity (Wildman–Crippen MR) is 142 cm³/mol. The number of benzene rings is 2. The Labute approximate surface area is 221 Å². The molecule has 2 aromatic carbocycles. The van der Waals surface area contributed by atoms with Gasteiger partial charge in [-0.15, -0.1) is 11.8 Å². The van der Waals surface area contributed by atoms with Crippen LogP contribution in [0.1, 0.15) is 5.56 Å². The van der Waals surface area contributed by atoms with Crippen LogP contribution in [0.5, 0.6) is 0 Å². The number of para-hydroxylation sites is 2. The third kappa shape index (κ3) is 6.49. The van der Waals surface area contributed by atoms with Gasteiger partial charge >= 0.3 is 0 Å². The summed E-state index contributed by atoms with van der Waals surface area (Å²) in [7, 11) is 0. The van der Waals surface area contributed by atoms with Crippen LogP contribution >= 0.6 is 23.5 Å². The number of hydrogen-bond acceptors (Lipinski definition) is 10. The molecule has 2 aliphatic heterocycles. The van der Waals surface area contributed by atoms with E-state index >= 15 is 0 Å². The van der Waals surface area contributed by atoms with Gasteiger partial charge in [0.2, 0.25) is 5.91 Å².